The Kier molecular flexibility index (Phi) is 7.48. The number of nitrogens with zero attached hydrogens (tertiary/aromatic N) is 2. The smallest absolute Gasteiger partial charge is 0.194 e. The molecule has 6 heteroatoms. The maximum atomic E-state index is 10.3. The van der Waals surface area contributed by atoms with Crippen molar-refractivity contribution >= 4 is 17.7 Å². The summed E-state index contributed by atoms with van der Waals surface area (Å²) >= 11 is 1.93. The van der Waals surface area contributed by atoms with Crippen LogP contribution in [0.3, 0.4) is 0 Å². The molecule has 1 saturated heterocycles. The van der Waals surface area contributed by atoms with Crippen LogP contribution in [-0.4, -0.2) is 48.5 Å². The van der Waals surface area contributed by atoms with E-state index in [1.807, 2.05) is 23.9 Å². The summed E-state index contributed by atoms with van der Waals surface area (Å²) in [5, 5.41) is 13.7. The van der Waals surface area contributed by atoms with Gasteiger partial charge in [-0.1, -0.05) is 30.3 Å². The number of phenols is 1. The van der Waals surface area contributed by atoms with Crippen molar-refractivity contribution in [1.29, 1.82) is 0 Å². The maximum Gasteiger partial charge on any atom is 0.194 e. The molecular formula is C22H29N3O2S. The predicted octanol–water partition coefficient (Wildman–Crippen LogP) is 3.98. The van der Waals surface area contributed by atoms with Crippen molar-refractivity contribution < 1.29 is 9.84 Å². The van der Waals surface area contributed by atoms with Crippen LogP contribution < -0.4 is 10.1 Å². The molecule has 1 heterocycles. The van der Waals surface area contributed by atoms with E-state index in [1.54, 1.807) is 13.2 Å². The molecule has 3 rings (SSSR count). The van der Waals surface area contributed by atoms with Gasteiger partial charge in [0, 0.05) is 35.8 Å². The van der Waals surface area contributed by atoms with Gasteiger partial charge in [-0.15, -0.1) is 11.8 Å². The number of aromatic hydroxyl groups is 1. The second-order valence-electron chi connectivity index (χ2n) is 6.86. The molecule has 1 atom stereocenters. The molecule has 5 nitrogen and oxygen atoms in total. The molecule has 1 aliphatic rings. The molecule has 150 valence electrons. The van der Waals surface area contributed by atoms with E-state index in [0.717, 1.165) is 36.9 Å². The fourth-order valence-electron chi connectivity index (χ4n) is 3.34. The van der Waals surface area contributed by atoms with Gasteiger partial charge in [-0.3, -0.25) is 0 Å². The van der Waals surface area contributed by atoms with Crippen molar-refractivity contribution in [1.82, 2.24) is 10.2 Å². The summed E-state index contributed by atoms with van der Waals surface area (Å²) in [6.07, 6.45) is 1.18. The molecule has 0 aliphatic carbocycles. The maximum absolute atomic E-state index is 10.3. The monoisotopic (exact) mass is 399 g/mol. The molecular weight excluding hydrogens is 370 g/mol. The summed E-state index contributed by atoms with van der Waals surface area (Å²) in [5.41, 5.74) is 0.769. The lowest BCUT2D eigenvalue weighted by Crippen LogP contribution is -2.40. The van der Waals surface area contributed by atoms with E-state index >= 15 is 0 Å². The Hall–Kier alpha value is -2.34. The molecule has 0 spiro atoms. The van der Waals surface area contributed by atoms with Gasteiger partial charge in [0.25, 0.3) is 0 Å². The molecule has 28 heavy (non-hydrogen) atoms. The number of rotatable bonds is 7. The van der Waals surface area contributed by atoms with Crippen LogP contribution in [0.15, 0.2) is 58.4 Å². The first-order chi connectivity index (χ1) is 13.7. The molecule has 0 radical (unpaired) electrons. The highest BCUT2D eigenvalue weighted by Crippen LogP contribution is 2.30. The number of para-hydroxylation sites is 1. The zero-order valence-corrected chi connectivity index (χ0v) is 17.4. The molecule has 1 fully saturated rings. The van der Waals surface area contributed by atoms with Crippen LogP contribution in [0.25, 0.3) is 0 Å². The minimum Gasteiger partial charge on any atom is -0.504 e. The highest BCUT2D eigenvalue weighted by Gasteiger charge is 2.25. The van der Waals surface area contributed by atoms with Gasteiger partial charge < -0.3 is 20.1 Å². The Labute approximate surface area is 171 Å². The second kappa shape index (κ2) is 10.3. The first-order valence-electron chi connectivity index (χ1n) is 9.77. The number of hydrogen-bond acceptors (Lipinski definition) is 4. The molecule has 0 amide bonds. The third kappa shape index (κ3) is 5.35. The first-order valence-corrected chi connectivity index (χ1v) is 10.8. The SMILES string of the molecule is CCNC(=NCc1cccc(OC)c1O)N1CCC(CSc2ccccc2)C1. The van der Waals surface area contributed by atoms with Crippen LogP contribution in [0.5, 0.6) is 11.5 Å². The van der Waals surface area contributed by atoms with Gasteiger partial charge in [-0.25, -0.2) is 4.99 Å². The number of guanidine groups is 1. The highest BCUT2D eigenvalue weighted by molar-refractivity contribution is 7.99. The molecule has 1 aliphatic heterocycles. The Morgan fingerprint density at radius 2 is 2.07 bits per heavy atom. The van der Waals surface area contributed by atoms with Gasteiger partial charge >= 0.3 is 0 Å². The molecule has 1 unspecified atom stereocenters. The zero-order chi connectivity index (χ0) is 19.8. The van der Waals surface area contributed by atoms with Crippen molar-refractivity contribution in [2.45, 2.75) is 24.8 Å². The lowest BCUT2D eigenvalue weighted by molar-refractivity contribution is 0.370. The Balaban J connectivity index is 1.60. The van der Waals surface area contributed by atoms with Crippen LogP contribution >= 0.6 is 11.8 Å². The second-order valence-corrected chi connectivity index (χ2v) is 7.96. The van der Waals surface area contributed by atoms with Gasteiger partial charge in [0.15, 0.2) is 17.5 Å². The quantitative estimate of drug-likeness (QED) is 0.419. The number of aliphatic imine (C=N–C) groups is 1. The summed E-state index contributed by atoms with van der Waals surface area (Å²) in [4.78, 5) is 8.42. The van der Waals surface area contributed by atoms with Crippen LogP contribution in [0.2, 0.25) is 0 Å². The normalized spacial score (nSPS) is 17.0. The van der Waals surface area contributed by atoms with Crippen molar-refractivity contribution in [3.63, 3.8) is 0 Å². The fourth-order valence-corrected chi connectivity index (χ4v) is 4.39. The molecule has 2 aromatic rings. The summed E-state index contributed by atoms with van der Waals surface area (Å²) in [5.74, 6) is 3.34. The number of likely N-dealkylation sites (tertiary alicyclic amines) is 1. The number of thioether (sulfide) groups is 1. The Morgan fingerprint density at radius 3 is 2.82 bits per heavy atom. The average molecular weight is 400 g/mol. The van der Waals surface area contributed by atoms with Crippen molar-refractivity contribution in [3.05, 3.63) is 54.1 Å². The highest BCUT2D eigenvalue weighted by atomic mass is 32.2. The number of ether oxygens (including phenoxy) is 1. The summed E-state index contributed by atoms with van der Waals surface area (Å²) < 4.78 is 5.19. The molecule has 0 aromatic heterocycles. The van der Waals surface area contributed by atoms with Gasteiger partial charge in [-0.05, 0) is 37.5 Å². The topological polar surface area (TPSA) is 57.1 Å². The predicted molar refractivity (Wildman–Crippen MR) is 116 cm³/mol. The van der Waals surface area contributed by atoms with Gasteiger partial charge in [-0.2, -0.15) is 0 Å². The Bertz CT molecular complexity index is 783. The fraction of sp³-hybridized carbons (Fsp3) is 0.409. The third-order valence-corrected chi connectivity index (χ3v) is 6.09. The van der Waals surface area contributed by atoms with Crippen LogP contribution in [0.1, 0.15) is 18.9 Å². The van der Waals surface area contributed by atoms with Crippen LogP contribution in [0.4, 0.5) is 0 Å². The van der Waals surface area contributed by atoms with E-state index in [0.29, 0.717) is 18.2 Å². The van der Waals surface area contributed by atoms with E-state index in [9.17, 15) is 5.11 Å². The first kappa shape index (κ1) is 20.4. The van der Waals surface area contributed by atoms with Gasteiger partial charge in [0.1, 0.15) is 0 Å². The summed E-state index contributed by atoms with van der Waals surface area (Å²) in [6, 6.07) is 16.1. The van der Waals surface area contributed by atoms with Crippen molar-refractivity contribution in [3.8, 4) is 11.5 Å². The van der Waals surface area contributed by atoms with E-state index in [2.05, 4.69) is 47.5 Å². The molecule has 2 aromatic carbocycles. The minimum absolute atomic E-state index is 0.170. The third-order valence-electron chi connectivity index (χ3n) is 4.85. The standard InChI is InChI=1S/C22H29N3O2S/c1-3-23-22(24-14-18-8-7-11-20(27-2)21(18)26)25-13-12-17(15-25)16-28-19-9-5-4-6-10-19/h4-11,17,26H,3,12-16H2,1-2H3,(H,23,24). The van der Waals surface area contributed by atoms with Crippen molar-refractivity contribution in [2.75, 3.05) is 32.5 Å². The summed E-state index contributed by atoms with van der Waals surface area (Å²) in [6.45, 7) is 5.34. The molecule has 0 bridgehead atoms. The largest absolute Gasteiger partial charge is 0.504 e. The van der Waals surface area contributed by atoms with Gasteiger partial charge in [0.2, 0.25) is 0 Å². The Morgan fingerprint density at radius 1 is 1.25 bits per heavy atom. The average Bonchev–Trinajstić information content (AvgIpc) is 3.20. The van der Waals surface area contributed by atoms with Crippen molar-refractivity contribution in [2.24, 2.45) is 10.9 Å². The number of phenolic OH excluding ortho intramolecular Hbond substituents is 1. The number of methoxy groups -OCH3 is 1. The van der Waals surface area contributed by atoms with Crippen LogP contribution in [0, 0.1) is 5.92 Å². The van der Waals surface area contributed by atoms with E-state index in [4.69, 9.17) is 9.73 Å². The van der Waals surface area contributed by atoms with E-state index < -0.39 is 0 Å². The number of nitrogens with one attached hydrogen (secondary N) is 1. The van der Waals surface area contributed by atoms with E-state index in [-0.39, 0.29) is 5.75 Å². The summed E-state index contributed by atoms with van der Waals surface area (Å²) in [7, 11) is 1.56. The number of hydrogen-bond donors (Lipinski definition) is 2. The number of benzene rings is 2. The lowest BCUT2D eigenvalue weighted by Gasteiger charge is -2.22. The molecule has 2 N–H and O–H groups in total. The van der Waals surface area contributed by atoms with E-state index in [1.165, 1.54) is 11.3 Å². The zero-order valence-electron chi connectivity index (χ0n) is 16.6. The molecule has 0 saturated carbocycles. The van der Waals surface area contributed by atoms with Crippen LogP contribution in [-0.2, 0) is 6.54 Å². The lowest BCUT2D eigenvalue weighted by atomic mass is 10.2. The minimum atomic E-state index is 0.170. The van der Waals surface area contributed by atoms with Gasteiger partial charge in [0.05, 0.1) is 13.7 Å².